The number of carbonyl (C=O) groups is 2. The van der Waals surface area contributed by atoms with Crippen LogP contribution in [0.15, 0.2) is 66.7 Å². The zero-order chi connectivity index (χ0) is 15.8. The van der Waals surface area contributed by atoms with Crippen LogP contribution in [-0.2, 0) is 14.3 Å². The highest BCUT2D eigenvalue weighted by atomic mass is 32.2. The summed E-state index contributed by atoms with van der Waals surface area (Å²) in [5.41, 5.74) is 2.09. The molecule has 0 bridgehead atoms. The molecule has 0 aliphatic carbocycles. The van der Waals surface area contributed by atoms with E-state index in [-0.39, 0.29) is 5.92 Å². The van der Waals surface area contributed by atoms with Crippen LogP contribution in [0.4, 0.5) is 0 Å². The summed E-state index contributed by atoms with van der Waals surface area (Å²) < 4.78 is 4.91. The van der Waals surface area contributed by atoms with Crippen LogP contribution < -0.4 is 0 Å². The molecular formula is C19H14O3S. The first-order valence-electron chi connectivity index (χ1n) is 7.48. The lowest BCUT2D eigenvalue weighted by Crippen LogP contribution is -2.29. The molecule has 0 aromatic heterocycles. The Bertz CT molecular complexity index is 783. The number of carbonyl (C=O) groups excluding carboxylic acids is 2. The fraction of sp³-hybridized carbons (Fsp3) is 0.158. The standard InChI is InChI=1S/C19H14O3S/c20-18-16-14(12-7-3-1-4-8-12)11-15(13-9-5-2-6-10-13)23-17(16)19(21)22-18/h1-11,14,16-17H. The zero-order valence-corrected chi connectivity index (χ0v) is 13.0. The Hall–Kier alpha value is -2.33. The number of ether oxygens (including phenoxy) is 1. The second kappa shape index (κ2) is 5.70. The van der Waals surface area contributed by atoms with Gasteiger partial charge in [-0.25, -0.2) is 0 Å². The molecule has 0 saturated carbocycles. The number of fused-ring (bicyclic) bond motifs is 1. The molecule has 0 radical (unpaired) electrons. The van der Waals surface area contributed by atoms with Crippen LogP contribution in [0.5, 0.6) is 0 Å². The molecule has 2 aliphatic rings. The van der Waals surface area contributed by atoms with Gasteiger partial charge in [0.2, 0.25) is 0 Å². The lowest BCUT2D eigenvalue weighted by molar-refractivity contribution is -0.153. The predicted molar refractivity (Wildman–Crippen MR) is 89.6 cm³/mol. The van der Waals surface area contributed by atoms with Crippen LogP contribution in [0.1, 0.15) is 17.0 Å². The van der Waals surface area contributed by atoms with Gasteiger partial charge in [-0.1, -0.05) is 66.7 Å². The molecule has 3 atom stereocenters. The number of hydrogen-bond acceptors (Lipinski definition) is 4. The monoisotopic (exact) mass is 322 g/mol. The van der Waals surface area contributed by atoms with Crippen LogP contribution in [0.3, 0.4) is 0 Å². The minimum Gasteiger partial charge on any atom is -0.392 e. The van der Waals surface area contributed by atoms with E-state index in [1.54, 1.807) is 0 Å². The van der Waals surface area contributed by atoms with Crippen molar-refractivity contribution in [3.05, 3.63) is 77.9 Å². The first kappa shape index (κ1) is 14.3. The Kier molecular flexibility index (Phi) is 3.54. The van der Waals surface area contributed by atoms with E-state index in [0.717, 1.165) is 16.0 Å². The molecule has 1 saturated heterocycles. The van der Waals surface area contributed by atoms with E-state index >= 15 is 0 Å². The van der Waals surface area contributed by atoms with Gasteiger partial charge in [0, 0.05) is 10.8 Å². The first-order valence-corrected chi connectivity index (χ1v) is 8.36. The van der Waals surface area contributed by atoms with E-state index in [4.69, 9.17) is 4.74 Å². The van der Waals surface area contributed by atoms with Crippen LogP contribution in [-0.4, -0.2) is 17.2 Å². The highest BCUT2D eigenvalue weighted by Crippen LogP contribution is 2.49. The molecular weight excluding hydrogens is 308 g/mol. The van der Waals surface area contributed by atoms with Crippen molar-refractivity contribution < 1.29 is 14.3 Å². The third-order valence-electron chi connectivity index (χ3n) is 4.25. The summed E-state index contributed by atoms with van der Waals surface area (Å²) in [4.78, 5) is 25.3. The van der Waals surface area contributed by atoms with Gasteiger partial charge in [-0.2, -0.15) is 0 Å². The third-order valence-corrected chi connectivity index (χ3v) is 5.61. The van der Waals surface area contributed by atoms with Gasteiger partial charge in [-0.3, -0.25) is 9.59 Å². The highest BCUT2D eigenvalue weighted by Gasteiger charge is 2.51. The third kappa shape index (κ3) is 2.49. The van der Waals surface area contributed by atoms with Crippen molar-refractivity contribution in [2.24, 2.45) is 5.92 Å². The summed E-state index contributed by atoms with van der Waals surface area (Å²) in [6.07, 6.45) is 2.09. The van der Waals surface area contributed by atoms with Crippen molar-refractivity contribution >= 4 is 28.6 Å². The molecule has 4 heteroatoms. The minimum atomic E-state index is -0.465. The Morgan fingerprint density at radius 2 is 1.48 bits per heavy atom. The average molecular weight is 322 g/mol. The Labute approximate surface area is 138 Å². The van der Waals surface area contributed by atoms with E-state index in [9.17, 15) is 9.59 Å². The van der Waals surface area contributed by atoms with E-state index in [1.165, 1.54) is 11.8 Å². The highest BCUT2D eigenvalue weighted by molar-refractivity contribution is 8.09. The maximum absolute atomic E-state index is 12.2. The van der Waals surface area contributed by atoms with Crippen LogP contribution in [0.25, 0.3) is 4.91 Å². The summed E-state index contributed by atoms with van der Waals surface area (Å²) in [6.45, 7) is 0. The Morgan fingerprint density at radius 3 is 2.17 bits per heavy atom. The fourth-order valence-corrected chi connectivity index (χ4v) is 4.48. The van der Waals surface area contributed by atoms with Crippen LogP contribution >= 0.6 is 11.8 Å². The number of rotatable bonds is 2. The number of esters is 2. The SMILES string of the molecule is O=C1OC(=O)C2C1SC(c1ccccc1)=CC2c1ccccc1. The second-order valence-corrected chi connectivity index (χ2v) is 6.82. The minimum absolute atomic E-state index is 0.142. The molecule has 2 aliphatic heterocycles. The summed E-state index contributed by atoms with van der Waals surface area (Å²) >= 11 is 1.43. The summed E-state index contributed by atoms with van der Waals surface area (Å²) in [5.74, 6) is -1.42. The number of thioether (sulfide) groups is 1. The van der Waals surface area contributed by atoms with Crippen LogP contribution in [0.2, 0.25) is 0 Å². The second-order valence-electron chi connectivity index (χ2n) is 5.64. The largest absolute Gasteiger partial charge is 0.392 e. The number of cyclic esters (lactones) is 2. The fourth-order valence-electron chi connectivity index (χ4n) is 3.14. The average Bonchev–Trinajstić information content (AvgIpc) is 2.90. The maximum atomic E-state index is 12.2. The van der Waals surface area contributed by atoms with Gasteiger partial charge in [0.25, 0.3) is 0 Å². The molecule has 2 heterocycles. The van der Waals surface area contributed by atoms with Gasteiger partial charge in [0.15, 0.2) is 0 Å². The molecule has 2 aromatic carbocycles. The topological polar surface area (TPSA) is 43.4 Å². The molecule has 23 heavy (non-hydrogen) atoms. The number of hydrogen-bond donors (Lipinski definition) is 0. The van der Waals surface area contributed by atoms with Crippen molar-refractivity contribution in [3.63, 3.8) is 0 Å². The Balaban J connectivity index is 1.82. The molecule has 3 unspecified atom stereocenters. The van der Waals surface area contributed by atoms with E-state index in [1.807, 2.05) is 60.7 Å². The van der Waals surface area contributed by atoms with E-state index in [2.05, 4.69) is 6.08 Å². The van der Waals surface area contributed by atoms with Gasteiger partial charge in [-0.05, 0) is 11.1 Å². The van der Waals surface area contributed by atoms with Crippen molar-refractivity contribution in [1.82, 2.24) is 0 Å². The smallest absolute Gasteiger partial charge is 0.328 e. The predicted octanol–water partition coefficient (Wildman–Crippen LogP) is 3.63. The van der Waals surface area contributed by atoms with E-state index in [0.29, 0.717) is 0 Å². The molecule has 0 N–H and O–H groups in total. The molecule has 114 valence electrons. The molecule has 0 spiro atoms. The van der Waals surface area contributed by atoms with Gasteiger partial charge < -0.3 is 4.74 Å². The number of allylic oxidation sites excluding steroid dienone is 1. The van der Waals surface area contributed by atoms with Crippen molar-refractivity contribution in [3.8, 4) is 0 Å². The number of benzene rings is 2. The van der Waals surface area contributed by atoms with Gasteiger partial charge in [0.05, 0.1) is 5.92 Å². The van der Waals surface area contributed by atoms with E-state index < -0.39 is 23.1 Å². The van der Waals surface area contributed by atoms with Crippen molar-refractivity contribution in [1.29, 1.82) is 0 Å². The molecule has 1 fully saturated rings. The van der Waals surface area contributed by atoms with Gasteiger partial charge in [-0.15, -0.1) is 11.8 Å². The van der Waals surface area contributed by atoms with Gasteiger partial charge in [0.1, 0.15) is 5.25 Å². The van der Waals surface area contributed by atoms with Crippen molar-refractivity contribution in [2.45, 2.75) is 11.2 Å². The molecule has 2 aromatic rings. The lowest BCUT2D eigenvalue weighted by atomic mass is 9.83. The quantitative estimate of drug-likeness (QED) is 0.625. The van der Waals surface area contributed by atoms with Gasteiger partial charge >= 0.3 is 11.9 Å². The first-order chi connectivity index (χ1) is 11.2. The van der Waals surface area contributed by atoms with Crippen LogP contribution in [0, 0.1) is 5.92 Å². The lowest BCUT2D eigenvalue weighted by Gasteiger charge is -2.28. The summed E-state index contributed by atoms with van der Waals surface area (Å²) in [7, 11) is 0. The summed E-state index contributed by atoms with van der Waals surface area (Å²) in [6, 6.07) is 19.8. The Morgan fingerprint density at radius 1 is 0.826 bits per heavy atom. The molecule has 3 nitrogen and oxygen atoms in total. The maximum Gasteiger partial charge on any atom is 0.328 e. The normalized spacial score (nSPS) is 26.4. The zero-order valence-electron chi connectivity index (χ0n) is 12.2. The molecule has 4 rings (SSSR count). The molecule has 0 amide bonds. The van der Waals surface area contributed by atoms with Crippen molar-refractivity contribution in [2.75, 3.05) is 0 Å². The summed E-state index contributed by atoms with van der Waals surface area (Å²) in [5, 5.41) is -0.465.